The first kappa shape index (κ1) is 21.7. The third-order valence-corrected chi connectivity index (χ3v) is 4.57. The minimum atomic E-state index is -4.86. The predicted molar refractivity (Wildman–Crippen MR) is 103 cm³/mol. The van der Waals surface area contributed by atoms with Crippen molar-refractivity contribution in [2.75, 3.05) is 11.1 Å². The molecule has 2 aromatic carbocycles. The van der Waals surface area contributed by atoms with Crippen LogP contribution in [0.4, 0.5) is 28.9 Å². The lowest BCUT2D eigenvalue weighted by Crippen LogP contribution is -2.25. The van der Waals surface area contributed by atoms with Crippen LogP contribution in [0.25, 0.3) is 0 Å². The number of hydrogen-bond donors (Lipinski definition) is 2. The van der Waals surface area contributed by atoms with Gasteiger partial charge in [-0.3, -0.25) is 0 Å². The quantitative estimate of drug-likeness (QED) is 0.298. The molecule has 0 saturated carbocycles. The Kier molecular flexibility index (Phi) is 6.24. The average molecular weight is 442 g/mol. The molecule has 2 aromatic rings. The number of anilines is 2. The van der Waals surface area contributed by atoms with E-state index in [9.17, 15) is 17.6 Å². The molecule has 0 aliphatic heterocycles. The van der Waals surface area contributed by atoms with Gasteiger partial charge in [-0.15, -0.1) is 23.2 Å². The summed E-state index contributed by atoms with van der Waals surface area (Å²) in [6.45, 7) is 5.23. The van der Waals surface area contributed by atoms with Gasteiger partial charge in [-0.1, -0.05) is 24.2 Å². The van der Waals surface area contributed by atoms with Crippen LogP contribution in [0, 0.1) is 5.82 Å². The standard InChI is InChI=1S/C18H15Cl3F4N2/c1-9(27-11-4-5-13(19)15(26)8-11)16(17(2,20)21)10-3-6-14(22)12(7-10)18(23,24)25/h3-8,16,27H,1,26H2,2H3. The van der Waals surface area contributed by atoms with Crippen molar-refractivity contribution in [2.24, 2.45) is 0 Å². The van der Waals surface area contributed by atoms with Gasteiger partial charge in [-0.2, -0.15) is 13.2 Å². The summed E-state index contributed by atoms with van der Waals surface area (Å²) in [5.41, 5.74) is 5.36. The van der Waals surface area contributed by atoms with Gasteiger partial charge >= 0.3 is 6.18 Å². The van der Waals surface area contributed by atoms with Crippen LogP contribution in [0.1, 0.15) is 24.0 Å². The van der Waals surface area contributed by atoms with Crippen molar-refractivity contribution in [1.29, 1.82) is 0 Å². The van der Waals surface area contributed by atoms with E-state index in [1.54, 1.807) is 12.1 Å². The number of halogens is 7. The Morgan fingerprint density at radius 1 is 1.15 bits per heavy atom. The molecule has 1 atom stereocenters. The lowest BCUT2D eigenvalue weighted by molar-refractivity contribution is -0.140. The molecule has 0 aliphatic carbocycles. The fourth-order valence-electron chi connectivity index (χ4n) is 2.62. The highest BCUT2D eigenvalue weighted by atomic mass is 35.5. The van der Waals surface area contributed by atoms with E-state index in [-0.39, 0.29) is 11.3 Å². The molecule has 146 valence electrons. The molecule has 0 bridgehead atoms. The van der Waals surface area contributed by atoms with Crippen molar-refractivity contribution in [3.05, 3.63) is 70.6 Å². The maximum atomic E-state index is 13.6. The third-order valence-electron chi connectivity index (χ3n) is 3.79. The summed E-state index contributed by atoms with van der Waals surface area (Å²) >= 11 is 18.3. The van der Waals surface area contributed by atoms with Crippen molar-refractivity contribution < 1.29 is 17.6 Å². The average Bonchev–Trinajstić information content (AvgIpc) is 2.50. The number of nitrogens with one attached hydrogen (secondary N) is 1. The summed E-state index contributed by atoms with van der Waals surface area (Å²) in [5, 5.41) is 3.25. The first-order valence-electron chi connectivity index (χ1n) is 7.56. The van der Waals surface area contributed by atoms with E-state index in [0.717, 1.165) is 6.07 Å². The molecule has 0 radical (unpaired) electrons. The van der Waals surface area contributed by atoms with Crippen LogP contribution >= 0.6 is 34.8 Å². The molecule has 0 aromatic heterocycles. The zero-order valence-electron chi connectivity index (χ0n) is 14.0. The third kappa shape index (κ3) is 5.21. The Labute approximate surface area is 168 Å². The van der Waals surface area contributed by atoms with E-state index in [2.05, 4.69) is 11.9 Å². The number of allylic oxidation sites excluding steroid dienone is 1. The van der Waals surface area contributed by atoms with E-state index >= 15 is 0 Å². The SMILES string of the molecule is C=C(Nc1ccc(Cl)c(N)c1)C(c1ccc(F)c(C(F)(F)F)c1)C(C)(Cl)Cl. The monoisotopic (exact) mass is 440 g/mol. The van der Waals surface area contributed by atoms with Gasteiger partial charge < -0.3 is 11.1 Å². The Bertz CT molecular complexity index is 861. The molecule has 0 heterocycles. The van der Waals surface area contributed by atoms with Gasteiger partial charge in [0.15, 0.2) is 0 Å². The van der Waals surface area contributed by atoms with Gasteiger partial charge in [0, 0.05) is 11.4 Å². The van der Waals surface area contributed by atoms with E-state index in [1.165, 1.54) is 19.1 Å². The summed E-state index contributed by atoms with van der Waals surface area (Å²) in [5.74, 6) is -2.38. The highest BCUT2D eigenvalue weighted by Gasteiger charge is 2.38. The molecule has 2 nitrogen and oxygen atoms in total. The molecule has 1 unspecified atom stereocenters. The number of benzene rings is 2. The van der Waals surface area contributed by atoms with Crippen LogP contribution in [0.5, 0.6) is 0 Å². The first-order valence-corrected chi connectivity index (χ1v) is 8.69. The fraction of sp³-hybridized carbons (Fsp3) is 0.222. The number of nitrogens with two attached hydrogens (primary N) is 1. The van der Waals surface area contributed by atoms with Crippen LogP contribution < -0.4 is 11.1 Å². The van der Waals surface area contributed by atoms with Gasteiger partial charge in [0.2, 0.25) is 0 Å². The fourth-order valence-corrected chi connectivity index (χ4v) is 3.25. The summed E-state index contributed by atoms with van der Waals surface area (Å²) in [6, 6.07) is 7.25. The van der Waals surface area contributed by atoms with E-state index in [1.807, 2.05) is 0 Å². The second kappa shape index (κ2) is 7.78. The molecule has 0 spiro atoms. The van der Waals surface area contributed by atoms with Crippen molar-refractivity contribution in [3.8, 4) is 0 Å². The van der Waals surface area contributed by atoms with E-state index in [0.29, 0.717) is 22.5 Å². The minimum Gasteiger partial charge on any atom is -0.397 e. The largest absolute Gasteiger partial charge is 0.419 e. The zero-order chi connectivity index (χ0) is 20.6. The molecule has 3 N–H and O–H groups in total. The van der Waals surface area contributed by atoms with Crippen molar-refractivity contribution >= 4 is 46.2 Å². The molecular weight excluding hydrogens is 427 g/mol. The van der Waals surface area contributed by atoms with Crippen LogP contribution in [0.2, 0.25) is 5.02 Å². The van der Waals surface area contributed by atoms with Crippen LogP contribution in [0.3, 0.4) is 0 Å². The topological polar surface area (TPSA) is 38.0 Å². The molecule has 0 aliphatic rings. The second-order valence-corrected chi connectivity index (χ2v) is 8.18. The molecule has 2 rings (SSSR count). The van der Waals surface area contributed by atoms with Crippen LogP contribution in [-0.4, -0.2) is 4.33 Å². The number of rotatable bonds is 5. The summed E-state index contributed by atoms with van der Waals surface area (Å²) in [4.78, 5) is 0. The van der Waals surface area contributed by atoms with Crippen LogP contribution in [0.15, 0.2) is 48.7 Å². The van der Waals surface area contributed by atoms with Gasteiger partial charge in [0.25, 0.3) is 0 Å². The Morgan fingerprint density at radius 2 is 1.78 bits per heavy atom. The molecule has 0 amide bonds. The molecule has 9 heteroatoms. The molecule has 0 saturated heterocycles. The lowest BCUT2D eigenvalue weighted by atomic mass is 9.91. The number of hydrogen-bond acceptors (Lipinski definition) is 2. The smallest absolute Gasteiger partial charge is 0.397 e. The van der Waals surface area contributed by atoms with Crippen molar-refractivity contribution in [2.45, 2.75) is 23.4 Å². The lowest BCUT2D eigenvalue weighted by Gasteiger charge is -2.30. The van der Waals surface area contributed by atoms with Crippen molar-refractivity contribution in [3.63, 3.8) is 0 Å². The molecular formula is C18H15Cl3F4N2. The van der Waals surface area contributed by atoms with Crippen molar-refractivity contribution in [1.82, 2.24) is 0 Å². The molecule has 0 fully saturated rings. The predicted octanol–water partition coefficient (Wildman–Crippen LogP) is 6.98. The Hall–Kier alpha value is -1.63. The van der Waals surface area contributed by atoms with E-state index in [4.69, 9.17) is 40.5 Å². The van der Waals surface area contributed by atoms with Gasteiger partial charge in [0.05, 0.1) is 22.2 Å². The summed E-state index contributed by atoms with van der Waals surface area (Å²) in [6.07, 6.45) is -4.86. The number of alkyl halides is 5. The zero-order valence-corrected chi connectivity index (χ0v) is 16.2. The van der Waals surface area contributed by atoms with Crippen LogP contribution in [-0.2, 0) is 6.18 Å². The maximum Gasteiger partial charge on any atom is 0.419 e. The maximum absolute atomic E-state index is 13.6. The second-order valence-electron chi connectivity index (χ2n) is 6.01. The Balaban J connectivity index is 2.44. The highest BCUT2D eigenvalue weighted by molar-refractivity contribution is 6.48. The van der Waals surface area contributed by atoms with Gasteiger partial charge in [-0.05, 0) is 42.8 Å². The van der Waals surface area contributed by atoms with Gasteiger partial charge in [0.1, 0.15) is 10.2 Å². The normalized spacial score (nSPS) is 13.3. The summed E-state index contributed by atoms with van der Waals surface area (Å²) < 4.78 is 51.2. The molecule has 27 heavy (non-hydrogen) atoms. The van der Waals surface area contributed by atoms with E-state index < -0.39 is 27.8 Å². The summed E-state index contributed by atoms with van der Waals surface area (Å²) in [7, 11) is 0. The van der Waals surface area contributed by atoms with Gasteiger partial charge in [-0.25, -0.2) is 4.39 Å². The Morgan fingerprint density at radius 3 is 2.30 bits per heavy atom. The number of nitrogen functional groups attached to an aromatic ring is 1. The minimum absolute atomic E-state index is 0.0515. The highest BCUT2D eigenvalue weighted by Crippen LogP contribution is 2.44. The first-order chi connectivity index (χ1) is 12.3.